The van der Waals surface area contributed by atoms with Gasteiger partial charge in [-0.15, -0.1) is 0 Å². The van der Waals surface area contributed by atoms with E-state index in [4.69, 9.17) is 0 Å². The Morgan fingerprint density at radius 2 is 1.83 bits per heavy atom. The minimum Gasteiger partial charge on any atom is -0.356 e. The SMILES string of the molecule is CN=C(NCCC(=O)NCc1ccccc1)NC1CCC(C)CC1. The Hall–Kier alpha value is -2.04. The molecule has 0 unspecified atom stereocenters. The Labute approximate surface area is 145 Å². The second-order valence-electron chi connectivity index (χ2n) is 6.61. The maximum absolute atomic E-state index is 11.9. The lowest BCUT2D eigenvalue weighted by molar-refractivity contribution is -0.121. The second kappa shape index (κ2) is 9.96. The standard InChI is InChI=1S/C19H30N4O/c1-15-8-10-17(11-9-15)23-19(20-2)21-13-12-18(24)22-14-16-6-4-3-5-7-16/h3-7,15,17H,8-14H2,1-2H3,(H,22,24)(H2,20,21,23). The number of amides is 1. The molecule has 0 saturated heterocycles. The van der Waals surface area contributed by atoms with Crippen molar-refractivity contribution in [1.29, 1.82) is 0 Å². The molecule has 24 heavy (non-hydrogen) atoms. The maximum Gasteiger partial charge on any atom is 0.222 e. The van der Waals surface area contributed by atoms with E-state index >= 15 is 0 Å². The molecule has 2 rings (SSSR count). The molecular weight excluding hydrogens is 300 g/mol. The van der Waals surface area contributed by atoms with E-state index in [1.807, 2.05) is 30.3 Å². The summed E-state index contributed by atoms with van der Waals surface area (Å²) in [5.74, 6) is 1.69. The number of hydrogen-bond donors (Lipinski definition) is 3. The van der Waals surface area contributed by atoms with Crippen molar-refractivity contribution in [2.75, 3.05) is 13.6 Å². The van der Waals surface area contributed by atoms with Crippen LogP contribution in [0.5, 0.6) is 0 Å². The van der Waals surface area contributed by atoms with E-state index in [1.54, 1.807) is 7.05 Å². The largest absolute Gasteiger partial charge is 0.356 e. The predicted octanol–water partition coefficient (Wildman–Crippen LogP) is 2.44. The summed E-state index contributed by atoms with van der Waals surface area (Å²) in [6.45, 7) is 3.48. The molecule has 0 aromatic heterocycles. The highest BCUT2D eigenvalue weighted by atomic mass is 16.1. The van der Waals surface area contributed by atoms with E-state index in [2.05, 4.69) is 27.9 Å². The monoisotopic (exact) mass is 330 g/mol. The topological polar surface area (TPSA) is 65.5 Å². The molecule has 0 radical (unpaired) electrons. The van der Waals surface area contributed by atoms with Gasteiger partial charge in [-0.2, -0.15) is 0 Å². The third kappa shape index (κ3) is 6.60. The van der Waals surface area contributed by atoms with Crippen LogP contribution in [0.2, 0.25) is 0 Å². The lowest BCUT2D eigenvalue weighted by atomic mass is 9.87. The normalized spacial score (nSPS) is 21.2. The molecular formula is C19H30N4O. The van der Waals surface area contributed by atoms with Gasteiger partial charge in [0, 0.05) is 32.6 Å². The molecule has 5 heteroatoms. The number of carbonyl (C=O) groups excluding carboxylic acids is 1. The summed E-state index contributed by atoms with van der Waals surface area (Å²) in [6.07, 6.45) is 5.38. The molecule has 0 spiro atoms. The molecule has 1 aliphatic carbocycles. The van der Waals surface area contributed by atoms with Gasteiger partial charge in [0.25, 0.3) is 0 Å². The number of aliphatic imine (C=N–C) groups is 1. The quantitative estimate of drug-likeness (QED) is 0.554. The number of carbonyl (C=O) groups is 1. The number of hydrogen-bond acceptors (Lipinski definition) is 2. The summed E-state index contributed by atoms with van der Waals surface area (Å²) in [7, 11) is 1.77. The second-order valence-corrected chi connectivity index (χ2v) is 6.61. The fraction of sp³-hybridized carbons (Fsp3) is 0.579. The van der Waals surface area contributed by atoms with Gasteiger partial charge in [0.05, 0.1) is 0 Å². The van der Waals surface area contributed by atoms with Crippen LogP contribution in [0.3, 0.4) is 0 Å². The van der Waals surface area contributed by atoms with Gasteiger partial charge in [-0.1, -0.05) is 37.3 Å². The Bertz CT molecular complexity index is 521. The first-order chi connectivity index (χ1) is 11.7. The van der Waals surface area contributed by atoms with E-state index < -0.39 is 0 Å². The molecule has 0 atom stereocenters. The third-order valence-corrected chi connectivity index (χ3v) is 4.56. The highest BCUT2D eigenvalue weighted by molar-refractivity contribution is 5.81. The molecule has 0 aliphatic heterocycles. The molecule has 1 saturated carbocycles. The van der Waals surface area contributed by atoms with Crippen LogP contribution >= 0.6 is 0 Å². The van der Waals surface area contributed by atoms with E-state index in [1.165, 1.54) is 25.7 Å². The molecule has 1 aromatic rings. The third-order valence-electron chi connectivity index (χ3n) is 4.56. The summed E-state index contributed by atoms with van der Waals surface area (Å²) in [4.78, 5) is 16.2. The van der Waals surface area contributed by atoms with E-state index in [0.717, 1.165) is 17.4 Å². The van der Waals surface area contributed by atoms with Crippen molar-refractivity contribution in [3.05, 3.63) is 35.9 Å². The van der Waals surface area contributed by atoms with Gasteiger partial charge in [0.15, 0.2) is 5.96 Å². The zero-order valence-corrected chi connectivity index (χ0v) is 14.8. The molecule has 1 fully saturated rings. The fourth-order valence-corrected chi connectivity index (χ4v) is 2.97. The van der Waals surface area contributed by atoms with Crippen molar-refractivity contribution in [1.82, 2.24) is 16.0 Å². The molecule has 0 bridgehead atoms. The van der Waals surface area contributed by atoms with Crippen molar-refractivity contribution in [2.45, 2.75) is 51.6 Å². The molecule has 0 heterocycles. The van der Waals surface area contributed by atoms with Crippen LogP contribution < -0.4 is 16.0 Å². The molecule has 1 amide bonds. The summed E-state index contributed by atoms with van der Waals surface area (Å²) < 4.78 is 0. The minimum absolute atomic E-state index is 0.0493. The maximum atomic E-state index is 11.9. The zero-order chi connectivity index (χ0) is 17.2. The lowest BCUT2D eigenvalue weighted by Gasteiger charge is -2.28. The minimum atomic E-state index is 0.0493. The van der Waals surface area contributed by atoms with Crippen molar-refractivity contribution in [3.63, 3.8) is 0 Å². The van der Waals surface area contributed by atoms with Crippen LogP contribution in [0, 0.1) is 5.92 Å². The van der Waals surface area contributed by atoms with Gasteiger partial charge in [-0.05, 0) is 37.2 Å². The number of guanidine groups is 1. The van der Waals surface area contributed by atoms with Gasteiger partial charge in [0.1, 0.15) is 0 Å². The van der Waals surface area contributed by atoms with E-state index in [0.29, 0.717) is 25.6 Å². The lowest BCUT2D eigenvalue weighted by Crippen LogP contribution is -2.45. The van der Waals surface area contributed by atoms with E-state index in [9.17, 15) is 4.79 Å². The smallest absolute Gasteiger partial charge is 0.222 e. The van der Waals surface area contributed by atoms with Crippen LogP contribution in [0.15, 0.2) is 35.3 Å². The number of nitrogens with zero attached hydrogens (tertiary/aromatic N) is 1. The predicted molar refractivity (Wildman–Crippen MR) is 98.8 cm³/mol. The Balaban J connectivity index is 1.61. The zero-order valence-electron chi connectivity index (χ0n) is 14.8. The summed E-state index contributed by atoms with van der Waals surface area (Å²) in [5, 5.41) is 9.64. The average molecular weight is 330 g/mol. The summed E-state index contributed by atoms with van der Waals surface area (Å²) in [6, 6.07) is 10.4. The van der Waals surface area contributed by atoms with Gasteiger partial charge < -0.3 is 16.0 Å². The van der Waals surface area contributed by atoms with Gasteiger partial charge >= 0.3 is 0 Å². The average Bonchev–Trinajstić information content (AvgIpc) is 2.61. The number of benzene rings is 1. The highest BCUT2D eigenvalue weighted by Crippen LogP contribution is 2.23. The number of nitrogens with one attached hydrogen (secondary N) is 3. The molecule has 3 N–H and O–H groups in total. The van der Waals surface area contributed by atoms with Crippen molar-refractivity contribution >= 4 is 11.9 Å². The first kappa shape index (κ1) is 18.3. The Morgan fingerprint density at radius 3 is 2.50 bits per heavy atom. The first-order valence-corrected chi connectivity index (χ1v) is 8.95. The van der Waals surface area contributed by atoms with Crippen LogP contribution in [-0.2, 0) is 11.3 Å². The molecule has 1 aromatic carbocycles. The van der Waals surface area contributed by atoms with Gasteiger partial charge in [-0.25, -0.2) is 0 Å². The Kier molecular flexibility index (Phi) is 7.59. The molecule has 132 valence electrons. The van der Waals surface area contributed by atoms with Crippen molar-refractivity contribution in [2.24, 2.45) is 10.9 Å². The highest BCUT2D eigenvalue weighted by Gasteiger charge is 2.18. The first-order valence-electron chi connectivity index (χ1n) is 8.95. The van der Waals surface area contributed by atoms with Crippen LogP contribution in [0.25, 0.3) is 0 Å². The summed E-state index contributed by atoms with van der Waals surface area (Å²) >= 11 is 0. The van der Waals surface area contributed by atoms with Crippen LogP contribution in [-0.4, -0.2) is 31.5 Å². The van der Waals surface area contributed by atoms with Crippen LogP contribution in [0.1, 0.15) is 44.6 Å². The number of rotatable bonds is 6. The summed E-state index contributed by atoms with van der Waals surface area (Å²) in [5.41, 5.74) is 1.11. The van der Waals surface area contributed by atoms with Crippen molar-refractivity contribution in [3.8, 4) is 0 Å². The molecule has 5 nitrogen and oxygen atoms in total. The van der Waals surface area contributed by atoms with Gasteiger partial charge in [-0.3, -0.25) is 9.79 Å². The van der Waals surface area contributed by atoms with Crippen molar-refractivity contribution < 1.29 is 4.79 Å². The van der Waals surface area contributed by atoms with E-state index in [-0.39, 0.29) is 5.91 Å². The van der Waals surface area contributed by atoms with Gasteiger partial charge in [0.2, 0.25) is 5.91 Å². The Morgan fingerprint density at radius 1 is 1.12 bits per heavy atom. The fourth-order valence-electron chi connectivity index (χ4n) is 2.97. The van der Waals surface area contributed by atoms with Crippen LogP contribution in [0.4, 0.5) is 0 Å². The molecule has 1 aliphatic rings.